The number of anilines is 4. The number of methoxy groups -OCH3 is 1. The van der Waals surface area contributed by atoms with Crippen LogP contribution in [0.4, 0.5) is 22.7 Å². The highest BCUT2D eigenvalue weighted by molar-refractivity contribution is 7.93. The minimum absolute atomic E-state index is 0.0115. The Morgan fingerprint density at radius 3 is 2.27 bits per heavy atom. The van der Waals surface area contributed by atoms with Gasteiger partial charge in [0.15, 0.2) is 0 Å². The first-order valence-electron chi connectivity index (χ1n) is 14.6. The van der Waals surface area contributed by atoms with Crippen LogP contribution in [0.25, 0.3) is 0 Å². The van der Waals surface area contributed by atoms with Gasteiger partial charge in [0, 0.05) is 36.1 Å². The molecule has 4 aromatic rings. The predicted molar refractivity (Wildman–Crippen MR) is 177 cm³/mol. The number of nitrogens with zero attached hydrogens (tertiary/aromatic N) is 2. The largest absolute Gasteiger partial charge is 0.497 e. The summed E-state index contributed by atoms with van der Waals surface area (Å²) in [7, 11) is -6.52. The molecular weight excluding hydrogens is 613 g/mol. The van der Waals surface area contributed by atoms with E-state index in [0.29, 0.717) is 42.3 Å². The number of fused-ring (bicyclic) bond motifs is 1. The van der Waals surface area contributed by atoms with Crippen LogP contribution in [0.1, 0.15) is 36.7 Å². The number of carbonyl (C=O) groups is 1. The van der Waals surface area contributed by atoms with Crippen molar-refractivity contribution in [2.75, 3.05) is 39.4 Å². The van der Waals surface area contributed by atoms with E-state index in [-0.39, 0.29) is 27.1 Å². The predicted octanol–water partition coefficient (Wildman–Crippen LogP) is 5.73. The summed E-state index contributed by atoms with van der Waals surface area (Å²) in [4.78, 5) is 15.3. The van der Waals surface area contributed by atoms with Gasteiger partial charge in [-0.3, -0.25) is 13.8 Å². The highest BCUT2D eigenvalue weighted by Crippen LogP contribution is 2.37. The van der Waals surface area contributed by atoms with E-state index in [1.807, 2.05) is 37.8 Å². The van der Waals surface area contributed by atoms with Crippen molar-refractivity contribution in [3.05, 3.63) is 102 Å². The first kappa shape index (κ1) is 31.9. The Hall–Kier alpha value is -4.55. The summed E-state index contributed by atoms with van der Waals surface area (Å²) in [6.45, 7) is 6.83. The molecule has 0 fully saturated rings. The van der Waals surface area contributed by atoms with Crippen molar-refractivity contribution in [2.45, 2.75) is 43.0 Å². The summed E-state index contributed by atoms with van der Waals surface area (Å²) in [6, 6.07) is 24.1. The fraction of sp³-hybridized carbons (Fsp3) is 0.242. The Kier molecular flexibility index (Phi) is 9.08. The van der Waals surface area contributed by atoms with Gasteiger partial charge in [-0.25, -0.2) is 16.8 Å². The zero-order chi connectivity index (χ0) is 32.4. The monoisotopic (exact) mass is 648 g/mol. The molecule has 12 heteroatoms. The minimum atomic E-state index is -4.09. The number of nitrogens with one attached hydrogen (secondary N) is 2. The minimum Gasteiger partial charge on any atom is -0.497 e. The van der Waals surface area contributed by atoms with Crippen molar-refractivity contribution in [3.63, 3.8) is 0 Å². The third-order valence-corrected chi connectivity index (χ3v) is 11.1. The van der Waals surface area contributed by atoms with E-state index >= 15 is 0 Å². The van der Waals surface area contributed by atoms with Crippen LogP contribution in [-0.4, -0.2) is 49.0 Å². The summed E-state index contributed by atoms with van der Waals surface area (Å²) < 4.78 is 64.0. The highest BCUT2D eigenvalue weighted by Gasteiger charge is 2.36. The van der Waals surface area contributed by atoms with Gasteiger partial charge in [0.2, 0.25) is 0 Å². The molecule has 1 aliphatic rings. The first-order valence-corrected chi connectivity index (χ1v) is 17.5. The standard InChI is InChI=1S/C33H36N4O6S2/c1-5-36(6-2)31-19-16-27(22-32(31)44(39,40)35-26-14-17-28(43-4)18-15-26)34-33(38)25-11-9-12-29(21-25)45(41,42)37-23(3)20-24-10-7-8-13-30(24)37/h7-19,21-23,35H,5-6,20H2,1-4H3,(H,34,38). The van der Waals surface area contributed by atoms with Gasteiger partial charge >= 0.3 is 0 Å². The maximum Gasteiger partial charge on any atom is 0.264 e. The Labute approximate surface area is 264 Å². The summed E-state index contributed by atoms with van der Waals surface area (Å²) in [5.74, 6) is 0.00656. The zero-order valence-electron chi connectivity index (χ0n) is 25.5. The summed E-state index contributed by atoms with van der Waals surface area (Å²) in [6.07, 6.45) is 0.595. The molecule has 1 aliphatic heterocycles. The number of carbonyl (C=O) groups excluding carboxylic acids is 1. The molecule has 0 aliphatic carbocycles. The van der Waals surface area contributed by atoms with E-state index in [0.717, 1.165) is 5.56 Å². The zero-order valence-corrected chi connectivity index (χ0v) is 27.2. The van der Waals surface area contributed by atoms with Crippen LogP contribution in [0.2, 0.25) is 0 Å². The van der Waals surface area contributed by atoms with E-state index in [1.165, 1.54) is 41.7 Å². The van der Waals surface area contributed by atoms with Crippen LogP contribution in [0, 0.1) is 0 Å². The average Bonchev–Trinajstić information content (AvgIpc) is 3.38. The molecule has 1 atom stereocenters. The second kappa shape index (κ2) is 12.8. The lowest BCUT2D eigenvalue weighted by Crippen LogP contribution is -2.35. The molecule has 0 spiro atoms. The number of hydrogen-bond donors (Lipinski definition) is 2. The molecule has 1 heterocycles. The van der Waals surface area contributed by atoms with E-state index in [2.05, 4.69) is 10.0 Å². The van der Waals surface area contributed by atoms with E-state index in [9.17, 15) is 21.6 Å². The van der Waals surface area contributed by atoms with Crippen LogP contribution in [0.3, 0.4) is 0 Å². The molecule has 0 saturated carbocycles. The van der Waals surface area contributed by atoms with Gasteiger partial charge in [-0.2, -0.15) is 0 Å². The number of hydrogen-bond acceptors (Lipinski definition) is 7. The van der Waals surface area contributed by atoms with Gasteiger partial charge < -0.3 is 15.0 Å². The third kappa shape index (κ3) is 6.47. The summed E-state index contributed by atoms with van der Waals surface area (Å²) in [5.41, 5.74) is 2.76. The van der Waals surface area contributed by atoms with Crippen molar-refractivity contribution in [1.29, 1.82) is 0 Å². The van der Waals surface area contributed by atoms with Gasteiger partial charge in [0.25, 0.3) is 26.0 Å². The van der Waals surface area contributed by atoms with Gasteiger partial charge in [0.05, 0.1) is 23.4 Å². The molecule has 10 nitrogen and oxygen atoms in total. The van der Waals surface area contributed by atoms with Gasteiger partial charge in [-0.05, 0) is 99.5 Å². The fourth-order valence-electron chi connectivity index (χ4n) is 5.52. The summed E-state index contributed by atoms with van der Waals surface area (Å²) >= 11 is 0. The van der Waals surface area contributed by atoms with Crippen molar-refractivity contribution < 1.29 is 26.4 Å². The molecule has 1 amide bonds. The molecule has 5 rings (SSSR count). The van der Waals surface area contributed by atoms with Crippen LogP contribution in [0.15, 0.2) is 101 Å². The Morgan fingerprint density at radius 2 is 1.58 bits per heavy atom. The van der Waals surface area contributed by atoms with E-state index in [4.69, 9.17) is 4.74 Å². The van der Waals surface area contributed by atoms with Crippen LogP contribution >= 0.6 is 0 Å². The van der Waals surface area contributed by atoms with E-state index in [1.54, 1.807) is 48.5 Å². The quantitative estimate of drug-likeness (QED) is 0.213. The molecule has 236 valence electrons. The Morgan fingerprint density at radius 1 is 0.889 bits per heavy atom. The smallest absolute Gasteiger partial charge is 0.264 e. The number of benzene rings is 4. The van der Waals surface area contributed by atoms with Gasteiger partial charge in [-0.1, -0.05) is 24.3 Å². The second-order valence-corrected chi connectivity index (χ2v) is 14.1. The van der Waals surface area contributed by atoms with Crippen molar-refractivity contribution in [3.8, 4) is 5.75 Å². The molecule has 1 unspecified atom stereocenters. The highest BCUT2D eigenvalue weighted by atomic mass is 32.2. The lowest BCUT2D eigenvalue weighted by Gasteiger charge is -2.25. The molecule has 0 bridgehead atoms. The van der Waals surface area contributed by atoms with Crippen LogP contribution < -0.4 is 24.0 Å². The van der Waals surface area contributed by atoms with Crippen molar-refractivity contribution in [1.82, 2.24) is 0 Å². The number of ether oxygens (including phenoxy) is 1. The normalized spacial score (nSPS) is 14.5. The average molecular weight is 649 g/mol. The molecule has 2 N–H and O–H groups in total. The molecule has 4 aromatic carbocycles. The third-order valence-electron chi connectivity index (χ3n) is 7.75. The Bertz CT molecular complexity index is 1930. The van der Waals surface area contributed by atoms with E-state index < -0.39 is 26.0 Å². The SMILES string of the molecule is CCN(CC)c1ccc(NC(=O)c2cccc(S(=O)(=O)N3c4ccccc4CC3C)c2)cc1S(=O)(=O)Nc1ccc(OC)cc1. The number of sulfonamides is 2. The number of para-hydroxylation sites is 1. The first-order chi connectivity index (χ1) is 21.5. The fourth-order valence-corrected chi connectivity index (χ4v) is 8.57. The Balaban J connectivity index is 1.44. The topological polar surface area (TPSA) is 125 Å². The molecule has 45 heavy (non-hydrogen) atoms. The second-order valence-electron chi connectivity index (χ2n) is 10.7. The lowest BCUT2D eigenvalue weighted by atomic mass is 10.1. The van der Waals surface area contributed by atoms with Crippen LogP contribution in [0.5, 0.6) is 5.75 Å². The maximum absolute atomic E-state index is 13.7. The maximum atomic E-state index is 13.7. The van der Waals surface area contributed by atoms with Crippen LogP contribution in [-0.2, 0) is 26.5 Å². The number of rotatable bonds is 11. The van der Waals surface area contributed by atoms with Crippen molar-refractivity contribution in [2.24, 2.45) is 0 Å². The molecule has 0 radical (unpaired) electrons. The molecule has 0 aromatic heterocycles. The number of amides is 1. The van der Waals surface area contributed by atoms with Crippen molar-refractivity contribution >= 4 is 48.7 Å². The molecule has 0 saturated heterocycles. The summed E-state index contributed by atoms with van der Waals surface area (Å²) in [5, 5.41) is 2.75. The lowest BCUT2D eigenvalue weighted by molar-refractivity contribution is 0.102. The van der Waals surface area contributed by atoms with Gasteiger partial charge in [-0.15, -0.1) is 0 Å². The molecular formula is C33H36N4O6S2. The van der Waals surface area contributed by atoms with Gasteiger partial charge in [0.1, 0.15) is 10.6 Å².